The summed E-state index contributed by atoms with van der Waals surface area (Å²) < 4.78 is 23.8. The van der Waals surface area contributed by atoms with E-state index in [9.17, 15) is 4.39 Å². The average Bonchev–Trinajstić information content (AvgIpc) is 2.81. The van der Waals surface area contributed by atoms with Crippen LogP contribution in [0.4, 0.5) is 4.39 Å². The van der Waals surface area contributed by atoms with Crippen LogP contribution in [-0.4, -0.2) is 7.11 Å². The fourth-order valence-corrected chi connectivity index (χ4v) is 1.82. The fourth-order valence-electron chi connectivity index (χ4n) is 1.82. The summed E-state index contributed by atoms with van der Waals surface area (Å²) in [5.74, 6) is 0.126. The molecule has 0 saturated heterocycles. The lowest BCUT2D eigenvalue weighted by molar-refractivity contribution is 0.398. The molecule has 17 heavy (non-hydrogen) atoms. The minimum atomic E-state index is -0.455. The number of benzene rings is 1. The Morgan fingerprint density at radius 1 is 1.41 bits per heavy atom. The number of furan rings is 1. The van der Waals surface area contributed by atoms with E-state index in [4.69, 9.17) is 14.9 Å². The van der Waals surface area contributed by atoms with Crippen LogP contribution in [0.2, 0.25) is 0 Å². The molecular formula is C13H14FNO2. The highest BCUT2D eigenvalue weighted by Crippen LogP contribution is 2.28. The second-order valence-electron chi connectivity index (χ2n) is 3.80. The molecule has 1 heterocycles. The highest BCUT2D eigenvalue weighted by Gasteiger charge is 2.17. The zero-order valence-corrected chi connectivity index (χ0v) is 9.52. The van der Waals surface area contributed by atoms with Gasteiger partial charge in [-0.2, -0.15) is 0 Å². The SMILES string of the molecule is COc1cccc(F)c1C(N)Cc1ccoc1. The molecule has 0 aliphatic rings. The lowest BCUT2D eigenvalue weighted by atomic mass is 10.00. The van der Waals surface area contributed by atoms with Crippen molar-refractivity contribution in [2.75, 3.05) is 7.11 Å². The number of rotatable bonds is 4. The van der Waals surface area contributed by atoms with Crippen molar-refractivity contribution in [1.82, 2.24) is 0 Å². The minimum Gasteiger partial charge on any atom is -0.496 e. The Hall–Kier alpha value is -1.81. The molecule has 0 fully saturated rings. The van der Waals surface area contributed by atoms with E-state index in [-0.39, 0.29) is 5.82 Å². The van der Waals surface area contributed by atoms with Crippen molar-refractivity contribution in [2.45, 2.75) is 12.5 Å². The molecule has 1 unspecified atom stereocenters. The van der Waals surface area contributed by atoms with Gasteiger partial charge in [0.15, 0.2) is 0 Å². The van der Waals surface area contributed by atoms with Crippen LogP contribution >= 0.6 is 0 Å². The van der Waals surface area contributed by atoms with E-state index in [1.54, 1.807) is 24.7 Å². The third kappa shape index (κ3) is 2.47. The van der Waals surface area contributed by atoms with E-state index in [0.717, 1.165) is 5.56 Å². The van der Waals surface area contributed by atoms with Crippen LogP contribution in [0.3, 0.4) is 0 Å². The van der Waals surface area contributed by atoms with E-state index < -0.39 is 6.04 Å². The molecule has 0 amide bonds. The first-order valence-electron chi connectivity index (χ1n) is 5.31. The number of nitrogens with two attached hydrogens (primary N) is 1. The Balaban J connectivity index is 2.26. The Labute approximate surface area is 99.0 Å². The fraction of sp³-hybridized carbons (Fsp3) is 0.231. The molecule has 1 aromatic carbocycles. The zero-order chi connectivity index (χ0) is 12.3. The van der Waals surface area contributed by atoms with Crippen LogP contribution in [0, 0.1) is 5.82 Å². The highest BCUT2D eigenvalue weighted by atomic mass is 19.1. The van der Waals surface area contributed by atoms with Crippen LogP contribution in [0.15, 0.2) is 41.2 Å². The van der Waals surface area contributed by atoms with Gasteiger partial charge in [-0.15, -0.1) is 0 Å². The number of methoxy groups -OCH3 is 1. The normalized spacial score (nSPS) is 12.4. The van der Waals surface area contributed by atoms with Crippen LogP contribution in [-0.2, 0) is 6.42 Å². The van der Waals surface area contributed by atoms with Crippen LogP contribution in [0.25, 0.3) is 0 Å². The predicted octanol–water partition coefficient (Wildman–Crippen LogP) is 2.67. The van der Waals surface area contributed by atoms with E-state index in [2.05, 4.69) is 0 Å². The van der Waals surface area contributed by atoms with Gasteiger partial charge >= 0.3 is 0 Å². The van der Waals surface area contributed by atoms with E-state index in [1.807, 2.05) is 6.07 Å². The van der Waals surface area contributed by atoms with Gasteiger partial charge < -0.3 is 14.9 Å². The molecular weight excluding hydrogens is 221 g/mol. The van der Waals surface area contributed by atoms with Gasteiger partial charge in [0.25, 0.3) is 0 Å². The summed E-state index contributed by atoms with van der Waals surface area (Å²) in [6.07, 6.45) is 3.68. The van der Waals surface area contributed by atoms with Gasteiger partial charge in [0, 0.05) is 11.6 Å². The molecule has 1 atom stereocenters. The smallest absolute Gasteiger partial charge is 0.131 e. The Morgan fingerprint density at radius 3 is 2.88 bits per heavy atom. The maximum absolute atomic E-state index is 13.7. The monoisotopic (exact) mass is 235 g/mol. The lowest BCUT2D eigenvalue weighted by Gasteiger charge is -2.15. The van der Waals surface area contributed by atoms with Crippen LogP contribution < -0.4 is 10.5 Å². The van der Waals surface area contributed by atoms with Gasteiger partial charge in [-0.05, 0) is 30.2 Å². The molecule has 0 aliphatic carbocycles. The van der Waals surface area contributed by atoms with Gasteiger partial charge in [0.05, 0.1) is 19.6 Å². The number of halogens is 1. The molecule has 2 N–H and O–H groups in total. The highest BCUT2D eigenvalue weighted by molar-refractivity contribution is 5.37. The van der Waals surface area contributed by atoms with Crippen molar-refractivity contribution in [1.29, 1.82) is 0 Å². The zero-order valence-electron chi connectivity index (χ0n) is 9.52. The lowest BCUT2D eigenvalue weighted by Crippen LogP contribution is -2.16. The second-order valence-corrected chi connectivity index (χ2v) is 3.80. The van der Waals surface area contributed by atoms with E-state index in [0.29, 0.717) is 17.7 Å². The van der Waals surface area contributed by atoms with Crippen LogP contribution in [0.1, 0.15) is 17.2 Å². The van der Waals surface area contributed by atoms with Gasteiger partial charge in [-0.25, -0.2) is 4.39 Å². The number of hydrogen-bond donors (Lipinski definition) is 1. The molecule has 3 nitrogen and oxygen atoms in total. The van der Waals surface area contributed by atoms with E-state index in [1.165, 1.54) is 13.2 Å². The van der Waals surface area contributed by atoms with Gasteiger partial charge in [-0.1, -0.05) is 6.07 Å². The third-order valence-corrected chi connectivity index (χ3v) is 2.64. The summed E-state index contributed by atoms with van der Waals surface area (Å²) in [6, 6.07) is 6.04. The van der Waals surface area contributed by atoms with Gasteiger partial charge in [0.2, 0.25) is 0 Å². The summed E-state index contributed by atoms with van der Waals surface area (Å²) in [4.78, 5) is 0. The van der Waals surface area contributed by atoms with Gasteiger partial charge in [-0.3, -0.25) is 0 Å². The molecule has 1 aromatic heterocycles. The Morgan fingerprint density at radius 2 is 2.24 bits per heavy atom. The molecule has 4 heteroatoms. The molecule has 2 aromatic rings. The van der Waals surface area contributed by atoms with Gasteiger partial charge in [0.1, 0.15) is 11.6 Å². The summed E-state index contributed by atoms with van der Waals surface area (Å²) in [6.45, 7) is 0. The first-order valence-corrected chi connectivity index (χ1v) is 5.31. The molecule has 0 radical (unpaired) electrons. The number of hydrogen-bond acceptors (Lipinski definition) is 3. The van der Waals surface area contributed by atoms with E-state index >= 15 is 0 Å². The molecule has 90 valence electrons. The quantitative estimate of drug-likeness (QED) is 0.886. The van der Waals surface area contributed by atoms with Crippen LogP contribution in [0.5, 0.6) is 5.75 Å². The molecule has 2 rings (SSSR count). The second kappa shape index (κ2) is 5.01. The summed E-state index contributed by atoms with van der Waals surface area (Å²) in [5.41, 5.74) is 7.33. The number of ether oxygens (including phenoxy) is 1. The predicted molar refractivity (Wildman–Crippen MR) is 62.3 cm³/mol. The summed E-state index contributed by atoms with van der Waals surface area (Å²) in [7, 11) is 1.50. The Kier molecular flexibility index (Phi) is 3.44. The first kappa shape index (κ1) is 11.7. The maximum atomic E-state index is 13.7. The topological polar surface area (TPSA) is 48.4 Å². The van der Waals surface area contributed by atoms with Crippen molar-refractivity contribution in [3.05, 3.63) is 53.7 Å². The molecule has 0 aliphatic heterocycles. The minimum absolute atomic E-state index is 0.347. The summed E-state index contributed by atoms with van der Waals surface area (Å²) in [5, 5.41) is 0. The molecule has 0 spiro atoms. The molecule has 0 bridgehead atoms. The maximum Gasteiger partial charge on any atom is 0.131 e. The van der Waals surface area contributed by atoms with Crippen molar-refractivity contribution in [2.24, 2.45) is 5.73 Å². The molecule has 0 saturated carbocycles. The largest absolute Gasteiger partial charge is 0.496 e. The Bertz CT molecular complexity index is 482. The van der Waals surface area contributed by atoms with Crippen molar-refractivity contribution in [3.63, 3.8) is 0 Å². The standard InChI is InChI=1S/C13H14FNO2/c1-16-12-4-2-3-10(14)13(12)11(15)7-9-5-6-17-8-9/h2-6,8,11H,7,15H2,1H3. The first-order chi connectivity index (χ1) is 8.22. The average molecular weight is 235 g/mol. The van der Waals surface area contributed by atoms with Crippen molar-refractivity contribution in [3.8, 4) is 5.75 Å². The summed E-state index contributed by atoms with van der Waals surface area (Å²) >= 11 is 0. The van der Waals surface area contributed by atoms with Crippen molar-refractivity contribution < 1.29 is 13.5 Å². The van der Waals surface area contributed by atoms with Crippen molar-refractivity contribution >= 4 is 0 Å². The third-order valence-electron chi connectivity index (χ3n) is 2.64.